The minimum Gasteiger partial charge on any atom is -0.274 e. The first-order chi connectivity index (χ1) is 11.3. The molecule has 0 aliphatic heterocycles. The van der Waals surface area contributed by atoms with E-state index in [1.807, 2.05) is 52.9 Å². The van der Waals surface area contributed by atoms with Crippen LogP contribution in [0, 0.1) is 0 Å². The van der Waals surface area contributed by atoms with Crippen LogP contribution in [0.4, 0.5) is 0 Å². The van der Waals surface area contributed by atoms with Crippen molar-refractivity contribution in [2.75, 3.05) is 0 Å². The quantitative estimate of drug-likeness (QED) is 0.470. The Morgan fingerprint density at radius 1 is 0.913 bits per heavy atom. The van der Waals surface area contributed by atoms with Crippen LogP contribution < -0.4 is 0 Å². The summed E-state index contributed by atoms with van der Waals surface area (Å²) in [6.07, 6.45) is 0. The average molecular weight is 322 g/mol. The third kappa shape index (κ3) is 1.69. The second kappa shape index (κ2) is 4.50. The smallest absolute Gasteiger partial charge is 0.229 e. The van der Waals surface area contributed by atoms with Crippen LogP contribution >= 0.6 is 11.6 Å². The molecule has 7 heteroatoms. The molecule has 0 atom stereocenters. The molecule has 0 unspecified atom stereocenters. The normalized spacial score (nSPS) is 11.7. The second-order valence-corrected chi connectivity index (χ2v) is 5.52. The summed E-state index contributed by atoms with van der Waals surface area (Å²) in [6.45, 7) is 0. The van der Waals surface area contributed by atoms with Crippen LogP contribution in [-0.2, 0) is 0 Å². The first kappa shape index (κ1) is 12.5. The molecule has 0 aliphatic carbocycles. The third-order valence-electron chi connectivity index (χ3n) is 3.78. The maximum atomic E-state index is 6.37. The van der Waals surface area contributed by atoms with Crippen molar-refractivity contribution in [1.29, 1.82) is 0 Å². The summed E-state index contributed by atoms with van der Waals surface area (Å²) in [5.41, 5.74) is 4.15. The molecule has 0 aliphatic rings. The predicted octanol–water partition coefficient (Wildman–Crippen LogP) is 3.74. The third-order valence-corrected chi connectivity index (χ3v) is 4.11. The van der Waals surface area contributed by atoms with E-state index in [0.717, 1.165) is 16.6 Å². The van der Waals surface area contributed by atoms with E-state index in [-0.39, 0.29) is 0 Å². The number of nitrogens with zero attached hydrogens (tertiary/aromatic N) is 5. The van der Waals surface area contributed by atoms with Gasteiger partial charge >= 0.3 is 0 Å². The number of benzene rings is 2. The highest BCUT2D eigenvalue weighted by molar-refractivity contribution is 6.33. The maximum absolute atomic E-state index is 6.37. The summed E-state index contributed by atoms with van der Waals surface area (Å²) < 4.78 is 6.77. The van der Waals surface area contributed by atoms with E-state index >= 15 is 0 Å². The summed E-state index contributed by atoms with van der Waals surface area (Å²) in [5.74, 6) is 0.655. The number of hydrogen-bond donors (Lipinski definition) is 0. The molecule has 0 spiro atoms. The Morgan fingerprint density at radius 2 is 1.74 bits per heavy atom. The van der Waals surface area contributed by atoms with Gasteiger partial charge in [0, 0.05) is 5.56 Å². The van der Waals surface area contributed by atoms with Crippen LogP contribution in [0.25, 0.3) is 39.2 Å². The number of fused-ring (bicyclic) bond motifs is 5. The second-order valence-electron chi connectivity index (χ2n) is 5.11. The van der Waals surface area contributed by atoms with E-state index in [1.54, 1.807) is 0 Å². The minimum absolute atomic E-state index is 0.405. The Labute approximate surface area is 134 Å². The number of imidazole rings is 1. The number of hydrogen-bond acceptors (Lipinski definition) is 5. The van der Waals surface area contributed by atoms with Crippen molar-refractivity contribution in [3.63, 3.8) is 0 Å². The molecule has 0 fully saturated rings. The van der Waals surface area contributed by atoms with Gasteiger partial charge < -0.3 is 0 Å². The Bertz CT molecular complexity index is 1190. The summed E-state index contributed by atoms with van der Waals surface area (Å²) >= 11 is 6.37. The summed E-state index contributed by atoms with van der Waals surface area (Å²) in [7, 11) is 0. The van der Waals surface area contributed by atoms with Crippen LogP contribution in [0.1, 0.15) is 0 Å². The predicted molar refractivity (Wildman–Crippen MR) is 86.3 cm³/mol. The van der Waals surface area contributed by atoms with Crippen LogP contribution in [0.3, 0.4) is 0 Å². The average Bonchev–Trinajstić information content (AvgIpc) is 3.18. The van der Waals surface area contributed by atoms with Crippen LogP contribution in [0.2, 0.25) is 5.02 Å². The molecule has 3 aromatic heterocycles. The largest absolute Gasteiger partial charge is 0.274 e. The van der Waals surface area contributed by atoms with Gasteiger partial charge in [-0.3, -0.25) is 4.40 Å². The van der Waals surface area contributed by atoms with Crippen molar-refractivity contribution < 1.29 is 4.63 Å². The Balaban J connectivity index is 2.06. The molecule has 5 rings (SSSR count). The molecule has 3 heterocycles. The Kier molecular flexibility index (Phi) is 2.46. The summed E-state index contributed by atoms with van der Waals surface area (Å²) in [5, 5.41) is 8.40. The SMILES string of the molecule is Clc1ccccc1-c1nc2nonc2c2nc3ccccc3n12. The van der Waals surface area contributed by atoms with Crippen LogP contribution in [0.5, 0.6) is 0 Å². The van der Waals surface area contributed by atoms with Crippen molar-refractivity contribution in [3.8, 4) is 11.4 Å². The lowest BCUT2D eigenvalue weighted by Crippen LogP contribution is -1.98. The van der Waals surface area contributed by atoms with Gasteiger partial charge in [0.2, 0.25) is 5.65 Å². The van der Waals surface area contributed by atoms with Crippen LogP contribution in [0.15, 0.2) is 53.2 Å². The van der Waals surface area contributed by atoms with Gasteiger partial charge in [0.15, 0.2) is 11.2 Å². The van der Waals surface area contributed by atoms with Gasteiger partial charge in [-0.25, -0.2) is 14.6 Å². The van der Waals surface area contributed by atoms with Gasteiger partial charge in [-0.1, -0.05) is 35.9 Å². The highest BCUT2D eigenvalue weighted by atomic mass is 35.5. The zero-order chi connectivity index (χ0) is 15.4. The topological polar surface area (TPSA) is 69.1 Å². The van der Waals surface area contributed by atoms with Gasteiger partial charge in [0.1, 0.15) is 5.82 Å². The van der Waals surface area contributed by atoms with Crippen LogP contribution in [-0.4, -0.2) is 24.7 Å². The molecule has 0 saturated heterocycles. The fourth-order valence-corrected chi connectivity index (χ4v) is 2.99. The molecule has 0 saturated carbocycles. The number of aromatic nitrogens is 5. The van der Waals surface area contributed by atoms with Crippen molar-refractivity contribution in [2.24, 2.45) is 0 Å². The van der Waals surface area contributed by atoms with Gasteiger partial charge in [-0.2, -0.15) is 0 Å². The molecule has 23 heavy (non-hydrogen) atoms. The first-order valence-corrected chi connectivity index (χ1v) is 7.35. The summed E-state index contributed by atoms with van der Waals surface area (Å²) in [6, 6.07) is 15.4. The Hall–Kier alpha value is -2.99. The highest BCUT2D eigenvalue weighted by Crippen LogP contribution is 2.31. The number of halogens is 1. The zero-order valence-electron chi connectivity index (χ0n) is 11.6. The molecule has 6 nitrogen and oxygen atoms in total. The van der Waals surface area contributed by atoms with E-state index < -0.39 is 0 Å². The van der Waals surface area contributed by atoms with Gasteiger partial charge in [-0.05, 0) is 34.6 Å². The van der Waals surface area contributed by atoms with Crippen molar-refractivity contribution in [1.82, 2.24) is 24.7 Å². The van der Waals surface area contributed by atoms with E-state index in [1.165, 1.54) is 0 Å². The Morgan fingerprint density at radius 3 is 2.65 bits per heavy atom. The number of rotatable bonds is 1. The first-order valence-electron chi connectivity index (χ1n) is 6.97. The lowest BCUT2D eigenvalue weighted by atomic mass is 10.2. The molecular formula is C16H8ClN5O. The molecule has 5 aromatic rings. The molecule has 0 amide bonds. The van der Waals surface area contributed by atoms with E-state index in [9.17, 15) is 0 Å². The van der Waals surface area contributed by atoms with Gasteiger partial charge in [0.05, 0.1) is 16.1 Å². The lowest BCUT2D eigenvalue weighted by molar-refractivity contribution is 0.315. The van der Waals surface area contributed by atoms with Crippen molar-refractivity contribution >= 4 is 39.4 Å². The van der Waals surface area contributed by atoms with Gasteiger partial charge in [0.25, 0.3) is 0 Å². The maximum Gasteiger partial charge on any atom is 0.229 e. The fraction of sp³-hybridized carbons (Fsp3) is 0. The molecule has 2 aromatic carbocycles. The lowest BCUT2D eigenvalue weighted by Gasteiger charge is -2.07. The molecule has 0 radical (unpaired) electrons. The summed E-state index contributed by atoms with van der Waals surface area (Å²) in [4.78, 5) is 9.24. The minimum atomic E-state index is 0.405. The monoisotopic (exact) mass is 321 g/mol. The van der Waals surface area contributed by atoms with E-state index in [4.69, 9.17) is 16.2 Å². The highest BCUT2D eigenvalue weighted by Gasteiger charge is 2.19. The molecule has 0 bridgehead atoms. The van der Waals surface area contributed by atoms with E-state index in [0.29, 0.717) is 27.7 Å². The van der Waals surface area contributed by atoms with Gasteiger partial charge in [-0.15, -0.1) is 0 Å². The van der Waals surface area contributed by atoms with Crippen molar-refractivity contribution in [2.45, 2.75) is 0 Å². The fourth-order valence-electron chi connectivity index (χ4n) is 2.77. The number of para-hydroxylation sites is 2. The zero-order valence-corrected chi connectivity index (χ0v) is 12.4. The molecule has 110 valence electrons. The standard InChI is InChI=1S/C16H8ClN5O/c17-10-6-2-1-5-9(10)15-19-14-13(20-23-21-14)16-18-11-7-3-4-8-12(11)22(15)16/h1-8H. The van der Waals surface area contributed by atoms with E-state index in [2.05, 4.69) is 20.3 Å². The molecular weight excluding hydrogens is 314 g/mol. The molecule has 0 N–H and O–H groups in total. The van der Waals surface area contributed by atoms with Crippen molar-refractivity contribution in [3.05, 3.63) is 53.6 Å².